The van der Waals surface area contributed by atoms with Gasteiger partial charge >= 0.3 is 0 Å². The normalized spacial score (nSPS) is 12.6. The van der Waals surface area contributed by atoms with Crippen molar-refractivity contribution in [3.05, 3.63) is 77.1 Å². The molecule has 1 aliphatic heterocycles. The second-order valence-electron chi connectivity index (χ2n) is 7.64. The zero-order chi connectivity index (χ0) is 22.7. The van der Waals surface area contributed by atoms with Crippen LogP contribution in [0.5, 0.6) is 0 Å². The number of anilines is 3. The number of benzene rings is 2. The summed E-state index contributed by atoms with van der Waals surface area (Å²) in [5, 5.41) is 5.99. The molecule has 4 rings (SSSR count). The summed E-state index contributed by atoms with van der Waals surface area (Å²) in [5.74, 6) is -0.315. The summed E-state index contributed by atoms with van der Waals surface area (Å²) in [6.07, 6.45) is 0.566. The van der Waals surface area contributed by atoms with Gasteiger partial charge in [0.25, 0.3) is 11.8 Å². The summed E-state index contributed by atoms with van der Waals surface area (Å²) in [5.41, 5.74) is 3.94. The van der Waals surface area contributed by atoms with Crippen LogP contribution < -0.4 is 10.6 Å². The molecule has 0 saturated heterocycles. The van der Waals surface area contributed by atoms with E-state index in [1.807, 2.05) is 32.0 Å². The summed E-state index contributed by atoms with van der Waals surface area (Å²) < 4.78 is 0. The van der Waals surface area contributed by atoms with Crippen LogP contribution in [0, 0.1) is 13.8 Å². The van der Waals surface area contributed by atoms with Gasteiger partial charge in [-0.1, -0.05) is 18.2 Å². The van der Waals surface area contributed by atoms with Crippen LogP contribution in [0.4, 0.5) is 17.3 Å². The van der Waals surface area contributed by atoms with E-state index in [1.165, 1.54) is 4.90 Å². The van der Waals surface area contributed by atoms with Crippen molar-refractivity contribution in [2.75, 3.05) is 17.2 Å². The fourth-order valence-electron chi connectivity index (χ4n) is 3.65. The molecule has 2 N–H and O–H groups in total. The molecule has 8 heteroatoms. The maximum atomic E-state index is 12.4. The van der Waals surface area contributed by atoms with Crippen molar-refractivity contribution < 1.29 is 14.4 Å². The van der Waals surface area contributed by atoms with Gasteiger partial charge in [-0.25, -0.2) is 9.97 Å². The maximum Gasteiger partial charge on any atom is 0.261 e. The Bertz CT molecular complexity index is 1150. The lowest BCUT2D eigenvalue weighted by Gasteiger charge is -2.13. The number of imide groups is 1. The smallest absolute Gasteiger partial charge is 0.261 e. The maximum absolute atomic E-state index is 12.4. The molecule has 0 unspecified atom stereocenters. The fraction of sp³-hybridized carbons (Fsp3) is 0.208. The second-order valence-corrected chi connectivity index (χ2v) is 7.64. The minimum atomic E-state index is -0.307. The minimum Gasteiger partial charge on any atom is -0.326 e. The van der Waals surface area contributed by atoms with Gasteiger partial charge in [-0.05, 0) is 56.7 Å². The molecule has 0 saturated carbocycles. The van der Waals surface area contributed by atoms with Crippen LogP contribution in [0.2, 0.25) is 0 Å². The SMILES string of the molecule is Cc1cc(C)nc(Nc2cccc(NC(=O)CCCN3C(=O)c4ccccc4C3=O)c2)n1. The molecule has 0 fully saturated rings. The zero-order valence-electron chi connectivity index (χ0n) is 17.9. The Hall–Kier alpha value is -4.07. The largest absolute Gasteiger partial charge is 0.326 e. The molecule has 0 aliphatic carbocycles. The van der Waals surface area contributed by atoms with Crippen LogP contribution in [0.25, 0.3) is 0 Å². The molecule has 3 aromatic rings. The van der Waals surface area contributed by atoms with Crippen molar-refractivity contribution in [1.29, 1.82) is 0 Å². The Balaban J connectivity index is 1.31. The number of fused-ring (bicyclic) bond motifs is 1. The van der Waals surface area contributed by atoms with Crippen molar-refractivity contribution in [2.24, 2.45) is 0 Å². The minimum absolute atomic E-state index is 0.186. The number of hydrogen-bond acceptors (Lipinski definition) is 6. The molecule has 32 heavy (non-hydrogen) atoms. The molecule has 162 valence electrons. The molecule has 3 amide bonds. The van der Waals surface area contributed by atoms with Gasteiger partial charge in [0.05, 0.1) is 11.1 Å². The average molecular weight is 429 g/mol. The molecule has 1 aliphatic rings. The van der Waals surface area contributed by atoms with Gasteiger partial charge in [0.15, 0.2) is 0 Å². The number of aromatic nitrogens is 2. The third kappa shape index (κ3) is 4.64. The van der Waals surface area contributed by atoms with Crippen molar-refractivity contribution in [3.63, 3.8) is 0 Å². The van der Waals surface area contributed by atoms with Crippen LogP contribution in [0.1, 0.15) is 44.9 Å². The first-order valence-electron chi connectivity index (χ1n) is 10.3. The van der Waals surface area contributed by atoms with E-state index in [-0.39, 0.29) is 30.7 Å². The molecule has 8 nitrogen and oxygen atoms in total. The van der Waals surface area contributed by atoms with E-state index in [1.54, 1.807) is 36.4 Å². The van der Waals surface area contributed by atoms with E-state index in [4.69, 9.17) is 0 Å². The van der Waals surface area contributed by atoms with Gasteiger partial charge < -0.3 is 10.6 Å². The monoisotopic (exact) mass is 429 g/mol. The number of aryl methyl sites for hydroxylation is 2. The summed E-state index contributed by atoms with van der Waals surface area (Å²) in [7, 11) is 0. The van der Waals surface area contributed by atoms with Gasteiger partial charge in [-0.3, -0.25) is 19.3 Å². The standard InChI is InChI=1S/C24H23N5O3/c1-15-13-16(2)26-24(25-15)28-18-8-5-7-17(14-18)27-21(30)11-6-12-29-22(31)19-9-3-4-10-20(19)23(29)32/h3-5,7-10,13-14H,6,11-12H2,1-2H3,(H,27,30)(H,25,26,28). The molecule has 1 aromatic heterocycles. The number of nitrogens with one attached hydrogen (secondary N) is 2. The fourth-order valence-corrected chi connectivity index (χ4v) is 3.65. The van der Waals surface area contributed by atoms with Crippen LogP contribution in [-0.2, 0) is 4.79 Å². The molecular weight excluding hydrogens is 406 g/mol. The summed E-state index contributed by atoms with van der Waals surface area (Å²) in [6.45, 7) is 4.00. The van der Waals surface area contributed by atoms with Crippen LogP contribution >= 0.6 is 0 Å². The Morgan fingerprint density at radius 3 is 2.16 bits per heavy atom. The number of carbonyl (C=O) groups is 3. The molecule has 0 bridgehead atoms. The highest BCUT2D eigenvalue weighted by Crippen LogP contribution is 2.23. The third-order valence-electron chi connectivity index (χ3n) is 5.05. The molecule has 0 atom stereocenters. The van der Waals surface area contributed by atoms with Crippen LogP contribution in [0.3, 0.4) is 0 Å². The lowest BCUT2D eigenvalue weighted by atomic mass is 10.1. The van der Waals surface area contributed by atoms with Gasteiger partial charge in [0, 0.05) is 35.7 Å². The Morgan fingerprint density at radius 1 is 0.875 bits per heavy atom. The van der Waals surface area contributed by atoms with E-state index < -0.39 is 0 Å². The van der Waals surface area contributed by atoms with Gasteiger partial charge in [-0.2, -0.15) is 0 Å². The number of nitrogens with zero attached hydrogens (tertiary/aromatic N) is 3. The second kappa shape index (κ2) is 8.97. The van der Waals surface area contributed by atoms with Crippen molar-refractivity contribution in [3.8, 4) is 0 Å². The summed E-state index contributed by atoms with van der Waals surface area (Å²) >= 11 is 0. The van der Waals surface area contributed by atoms with E-state index in [0.717, 1.165) is 17.1 Å². The highest BCUT2D eigenvalue weighted by Gasteiger charge is 2.34. The number of hydrogen-bond donors (Lipinski definition) is 2. The molecule has 2 heterocycles. The van der Waals surface area contributed by atoms with Crippen molar-refractivity contribution >= 4 is 35.0 Å². The average Bonchev–Trinajstić information content (AvgIpc) is 2.98. The number of carbonyl (C=O) groups excluding carboxylic acids is 3. The highest BCUT2D eigenvalue weighted by atomic mass is 16.2. The van der Waals surface area contributed by atoms with Crippen LogP contribution in [0.15, 0.2) is 54.6 Å². The first-order chi connectivity index (χ1) is 15.4. The molecule has 0 radical (unpaired) electrons. The predicted molar refractivity (Wildman–Crippen MR) is 121 cm³/mol. The summed E-state index contributed by atoms with van der Waals surface area (Å²) in [6, 6.07) is 15.9. The molecular formula is C24H23N5O3. The van der Waals surface area contributed by atoms with E-state index in [0.29, 0.717) is 29.2 Å². The van der Waals surface area contributed by atoms with Crippen molar-refractivity contribution in [1.82, 2.24) is 14.9 Å². The molecule has 0 spiro atoms. The Kier molecular flexibility index (Phi) is 5.93. The first kappa shape index (κ1) is 21.2. The topological polar surface area (TPSA) is 104 Å². The van der Waals surface area contributed by atoms with E-state index >= 15 is 0 Å². The van der Waals surface area contributed by atoms with E-state index in [2.05, 4.69) is 20.6 Å². The quantitative estimate of drug-likeness (QED) is 0.553. The zero-order valence-corrected chi connectivity index (χ0v) is 17.9. The highest BCUT2D eigenvalue weighted by molar-refractivity contribution is 6.21. The Labute approximate surface area is 185 Å². The first-order valence-corrected chi connectivity index (χ1v) is 10.3. The van der Waals surface area contributed by atoms with Gasteiger partial charge in [-0.15, -0.1) is 0 Å². The lowest BCUT2D eigenvalue weighted by molar-refractivity contribution is -0.116. The van der Waals surface area contributed by atoms with Crippen LogP contribution in [-0.4, -0.2) is 39.1 Å². The predicted octanol–water partition coefficient (Wildman–Crippen LogP) is 3.85. The number of rotatable bonds is 7. The molecule has 2 aromatic carbocycles. The van der Waals surface area contributed by atoms with E-state index in [9.17, 15) is 14.4 Å². The van der Waals surface area contributed by atoms with Gasteiger partial charge in [0.1, 0.15) is 0 Å². The number of amides is 3. The Morgan fingerprint density at radius 2 is 1.50 bits per heavy atom. The van der Waals surface area contributed by atoms with Crippen molar-refractivity contribution in [2.45, 2.75) is 26.7 Å². The summed E-state index contributed by atoms with van der Waals surface area (Å²) in [4.78, 5) is 47.1. The lowest BCUT2D eigenvalue weighted by Crippen LogP contribution is -2.31. The van der Waals surface area contributed by atoms with Gasteiger partial charge in [0.2, 0.25) is 11.9 Å². The third-order valence-corrected chi connectivity index (χ3v) is 5.05.